The first-order chi connectivity index (χ1) is 10.6. The smallest absolute Gasteiger partial charge is 0.342 e. The highest BCUT2D eigenvalue weighted by Crippen LogP contribution is 2.25. The molecule has 0 amide bonds. The van der Waals surface area contributed by atoms with Gasteiger partial charge in [0.05, 0.1) is 4.88 Å². The van der Waals surface area contributed by atoms with Crippen LogP contribution in [0.1, 0.15) is 16.1 Å². The summed E-state index contributed by atoms with van der Waals surface area (Å²) in [7, 11) is 0. The zero-order valence-electron chi connectivity index (χ0n) is 11.2. The molecule has 0 atom stereocenters. The van der Waals surface area contributed by atoms with Crippen molar-refractivity contribution in [3.8, 4) is 16.5 Å². The van der Waals surface area contributed by atoms with Gasteiger partial charge in [0.25, 0.3) is 0 Å². The molecule has 2 heterocycles. The second-order valence-electron chi connectivity index (χ2n) is 4.36. The highest BCUT2D eigenvalue weighted by atomic mass is 35.5. The summed E-state index contributed by atoms with van der Waals surface area (Å²) < 4.78 is 10.4. The molecule has 7 heteroatoms. The first-order valence-electron chi connectivity index (χ1n) is 6.27. The van der Waals surface area contributed by atoms with Gasteiger partial charge in [-0.05, 0) is 29.6 Å². The fourth-order valence-electron chi connectivity index (χ4n) is 1.78. The normalized spacial score (nSPS) is 10.6. The molecule has 0 aliphatic heterocycles. The number of hydrogen-bond acceptors (Lipinski definition) is 6. The molecular formula is C15H10ClNO4S. The van der Waals surface area contributed by atoms with Gasteiger partial charge in [-0.15, -0.1) is 11.3 Å². The number of aromatic hydroxyl groups is 1. The second kappa shape index (κ2) is 6.21. The molecule has 0 saturated heterocycles. The van der Waals surface area contributed by atoms with Crippen molar-refractivity contribution in [1.29, 1.82) is 0 Å². The van der Waals surface area contributed by atoms with Crippen molar-refractivity contribution < 1.29 is 19.1 Å². The molecule has 0 spiro atoms. The van der Waals surface area contributed by atoms with Crippen LogP contribution in [-0.2, 0) is 11.3 Å². The van der Waals surface area contributed by atoms with Gasteiger partial charge < -0.3 is 14.3 Å². The molecule has 112 valence electrons. The highest BCUT2D eigenvalue weighted by molar-refractivity contribution is 7.13. The predicted molar refractivity (Wildman–Crippen MR) is 82.1 cm³/mol. The number of carbonyl (C=O) groups excluding carboxylic acids is 1. The SMILES string of the molecule is O=C(OCc1coc(-c2cccs2)n1)c1cc(Cl)ccc1O. The molecule has 0 aliphatic carbocycles. The molecule has 3 rings (SSSR count). The van der Waals surface area contributed by atoms with E-state index in [0.717, 1.165) is 4.88 Å². The Morgan fingerprint density at radius 3 is 3.05 bits per heavy atom. The van der Waals surface area contributed by atoms with Crippen molar-refractivity contribution in [2.75, 3.05) is 0 Å². The van der Waals surface area contributed by atoms with Crippen molar-refractivity contribution in [3.05, 3.63) is 58.3 Å². The van der Waals surface area contributed by atoms with Crippen LogP contribution in [0.15, 0.2) is 46.4 Å². The minimum Gasteiger partial charge on any atom is -0.507 e. The molecular weight excluding hydrogens is 326 g/mol. The number of phenolic OH excluding ortho intramolecular Hbond substituents is 1. The van der Waals surface area contributed by atoms with Crippen LogP contribution in [0.2, 0.25) is 5.02 Å². The number of nitrogens with zero attached hydrogens (tertiary/aromatic N) is 1. The van der Waals surface area contributed by atoms with E-state index in [4.69, 9.17) is 20.8 Å². The number of rotatable bonds is 4. The fourth-order valence-corrected chi connectivity index (χ4v) is 2.60. The maximum atomic E-state index is 11.9. The van der Waals surface area contributed by atoms with E-state index in [1.54, 1.807) is 0 Å². The van der Waals surface area contributed by atoms with E-state index >= 15 is 0 Å². The molecule has 2 aromatic heterocycles. The van der Waals surface area contributed by atoms with Crippen LogP contribution in [0.4, 0.5) is 0 Å². The molecule has 0 bridgehead atoms. The maximum absolute atomic E-state index is 11.9. The van der Waals surface area contributed by atoms with E-state index in [2.05, 4.69) is 4.98 Å². The van der Waals surface area contributed by atoms with E-state index < -0.39 is 5.97 Å². The molecule has 0 saturated carbocycles. The number of thiophene rings is 1. The summed E-state index contributed by atoms with van der Waals surface area (Å²) in [6.45, 7) is -0.0559. The Labute approximate surface area is 134 Å². The number of ether oxygens (including phenoxy) is 1. The first kappa shape index (κ1) is 14.6. The average molecular weight is 336 g/mol. The standard InChI is InChI=1S/C15H10ClNO4S/c16-9-3-4-12(18)11(6-9)15(19)21-8-10-7-20-14(17-10)13-2-1-5-22-13/h1-7,18H,8H2. The number of esters is 1. The summed E-state index contributed by atoms with van der Waals surface area (Å²) in [6, 6.07) is 7.95. The fraction of sp³-hybridized carbons (Fsp3) is 0.0667. The lowest BCUT2D eigenvalue weighted by atomic mass is 10.2. The Morgan fingerprint density at radius 1 is 1.41 bits per heavy atom. The Bertz CT molecular complexity index is 798. The summed E-state index contributed by atoms with van der Waals surface area (Å²) in [5.74, 6) is -0.388. The van der Waals surface area contributed by atoms with Crippen LogP contribution in [0.25, 0.3) is 10.8 Å². The van der Waals surface area contributed by atoms with Crippen LogP contribution in [-0.4, -0.2) is 16.1 Å². The molecule has 0 unspecified atom stereocenters. The molecule has 5 nitrogen and oxygen atoms in total. The monoisotopic (exact) mass is 335 g/mol. The van der Waals surface area contributed by atoms with Crippen LogP contribution < -0.4 is 0 Å². The van der Waals surface area contributed by atoms with E-state index in [9.17, 15) is 9.90 Å². The Morgan fingerprint density at radius 2 is 2.27 bits per heavy atom. The van der Waals surface area contributed by atoms with Gasteiger partial charge in [0.2, 0.25) is 5.89 Å². The number of carbonyl (C=O) groups is 1. The number of hydrogen-bond donors (Lipinski definition) is 1. The quantitative estimate of drug-likeness (QED) is 0.726. The van der Waals surface area contributed by atoms with Crippen LogP contribution in [0.3, 0.4) is 0 Å². The summed E-state index contributed by atoms with van der Waals surface area (Å²) in [5, 5.41) is 11.9. The number of phenols is 1. The van der Waals surface area contributed by atoms with E-state index in [0.29, 0.717) is 16.6 Å². The van der Waals surface area contributed by atoms with Crippen molar-refractivity contribution >= 4 is 28.9 Å². The summed E-state index contributed by atoms with van der Waals surface area (Å²) in [5.41, 5.74) is 0.493. The third kappa shape index (κ3) is 3.13. The maximum Gasteiger partial charge on any atom is 0.342 e. The third-order valence-corrected chi connectivity index (χ3v) is 3.91. The lowest BCUT2D eigenvalue weighted by Gasteiger charge is -2.05. The van der Waals surface area contributed by atoms with Gasteiger partial charge in [-0.2, -0.15) is 0 Å². The molecule has 3 aromatic rings. The zero-order valence-corrected chi connectivity index (χ0v) is 12.7. The summed E-state index contributed by atoms with van der Waals surface area (Å²) in [6.07, 6.45) is 1.43. The Hall–Kier alpha value is -2.31. The third-order valence-electron chi connectivity index (χ3n) is 2.81. The lowest BCUT2D eigenvalue weighted by Crippen LogP contribution is -2.05. The molecule has 0 aliphatic rings. The number of halogens is 1. The van der Waals surface area contributed by atoms with E-state index in [1.807, 2.05) is 17.5 Å². The Balaban J connectivity index is 1.67. The topological polar surface area (TPSA) is 72.6 Å². The second-order valence-corrected chi connectivity index (χ2v) is 5.74. The van der Waals surface area contributed by atoms with Crippen molar-refractivity contribution in [3.63, 3.8) is 0 Å². The van der Waals surface area contributed by atoms with Crippen LogP contribution in [0, 0.1) is 0 Å². The summed E-state index contributed by atoms with van der Waals surface area (Å²) in [4.78, 5) is 17.1. The minimum absolute atomic E-state index is 0.00877. The van der Waals surface area contributed by atoms with Gasteiger partial charge in [-0.25, -0.2) is 9.78 Å². The number of oxazole rings is 1. The molecule has 0 fully saturated rings. The van der Waals surface area contributed by atoms with Gasteiger partial charge in [0, 0.05) is 5.02 Å². The van der Waals surface area contributed by atoms with Crippen molar-refractivity contribution in [2.45, 2.75) is 6.61 Å². The van der Waals surface area contributed by atoms with Crippen molar-refractivity contribution in [1.82, 2.24) is 4.98 Å². The van der Waals surface area contributed by atoms with Crippen molar-refractivity contribution in [2.24, 2.45) is 0 Å². The largest absolute Gasteiger partial charge is 0.507 e. The van der Waals surface area contributed by atoms with Crippen LogP contribution in [0.5, 0.6) is 5.75 Å². The number of aromatic nitrogens is 1. The van der Waals surface area contributed by atoms with E-state index in [1.165, 1.54) is 35.8 Å². The molecule has 1 aromatic carbocycles. The average Bonchev–Trinajstić information content (AvgIpc) is 3.17. The van der Waals surface area contributed by atoms with Gasteiger partial charge in [0.1, 0.15) is 29.9 Å². The first-order valence-corrected chi connectivity index (χ1v) is 7.53. The predicted octanol–water partition coefficient (Wildman–Crippen LogP) is 4.12. The highest BCUT2D eigenvalue weighted by Gasteiger charge is 2.15. The molecule has 0 radical (unpaired) electrons. The van der Waals surface area contributed by atoms with Gasteiger partial charge >= 0.3 is 5.97 Å². The van der Waals surface area contributed by atoms with E-state index in [-0.39, 0.29) is 17.9 Å². The van der Waals surface area contributed by atoms with Crippen LogP contribution >= 0.6 is 22.9 Å². The van der Waals surface area contributed by atoms with Gasteiger partial charge in [-0.1, -0.05) is 17.7 Å². The Kier molecular flexibility index (Phi) is 4.13. The molecule has 1 N–H and O–H groups in total. The molecule has 22 heavy (non-hydrogen) atoms. The zero-order chi connectivity index (χ0) is 15.5. The van der Waals surface area contributed by atoms with Gasteiger partial charge in [-0.3, -0.25) is 0 Å². The minimum atomic E-state index is -0.680. The summed E-state index contributed by atoms with van der Waals surface area (Å²) >= 11 is 7.30. The number of benzene rings is 1. The van der Waals surface area contributed by atoms with Gasteiger partial charge in [0.15, 0.2) is 0 Å². The lowest BCUT2D eigenvalue weighted by molar-refractivity contribution is 0.0464.